The van der Waals surface area contributed by atoms with Crippen LogP contribution in [0.2, 0.25) is 0 Å². The lowest BCUT2D eigenvalue weighted by atomic mass is 9.95. The van der Waals surface area contributed by atoms with Crippen LogP contribution in [0.3, 0.4) is 0 Å². The Kier molecular flexibility index (Phi) is 3.90. The Bertz CT molecular complexity index is 673. The van der Waals surface area contributed by atoms with Crippen LogP contribution in [0.25, 0.3) is 0 Å². The predicted molar refractivity (Wildman–Crippen MR) is 88.5 cm³/mol. The van der Waals surface area contributed by atoms with E-state index in [1.165, 1.54) is 12.8 Å². The van der Waals surface area contributed by atoms with Crippen molar-refractivity contribution in [2.45, 2.75) is 46.5 Å². The Balaban J connectivity index is 1.39. The Morgan fingerprint density at radius 2 is 2.14 bits per heavy atom. The van der Waals surface area contributed by atoms with Crippen molar-refractivity contribution < 1.29 is 4.79 Å². The van der Waals surface area contributed by atoms with Gasteiger partial charge in [0.1, 0.15) is 0 Å². The number of thiophene rings is 1. The van der Waals surface area contributed by atoms with Crippen molar-refractivity contribution in [2.24, 2.45) is 0 Å². The molecular formula is C16H17N3OS2. The number of rotatable bonds is 4. The molecule has 4 heterocycles. The molecule has 4 nitrogen and oxygen atoms in total. The third-order valence-electron chi connectivity index (χ3n) is 4.29. The fraction of sp³-hybridized carbons (Fsp3) is 0.375. The van der Waals surface area contributed by atoms with Crippen LogP contribution in [0.1, 0.15) is 28.9 Å². The summed E-state index contributed by atoms with van der Waals surface area (Å²) in [6.45, 7) is 0. The summed E-state index contributed by atoms with van der Waals surface area (Å²) in [5, 5.41) is 6.74. The minimum atomic E-state index is 0.0610. The van der Waals surface area contributed by atoms with Gasteiger partial charge in [-0.05, 0) is 43.5 Å². The number of amides is 1. The molecule has 2 aliphatic heterocycles. The predicted octanol–water partition coefficient (Wildman–Crippen LogP) is 2.92. The van der Waals surface area contributed by atoms with E-state index in [-0.39, 0.29) is 5.91 Å². The van der Waals surface area contributed by atoms with E-state index in [1.807, 2.05) is 24.3 Å². The third-order valence-corrected chi connectivity index (χ3v) is 6.51. The Morgan fingerprint density at radius 3 is 2.86 bits per heavy atom. The van der Waals surface area contributed by atoms with E-state index in [9.17, 15) is 4.79 Å². The topological polar surface area (TPSA) is 54.0 Å². The molecule has 22 heavy (non-hydrogen) atoms. The molecule has 6 heteroatoms. The zero-order valence-electron chi connectivity index (χ0n) is 12.0. The second-order valence-corrected chi connectivity index (χ2v) is 8.22. The molecule has 0 saturated carbocycles. The van der Waals surface area contributed by atoms with Gasteiger partial charge in [-0.2, -0.15) is 0 Å². The highest BCUT2D eigenvalue weighted by Gasteiger charge is 2.39. The normalized spacial score (nSPS) is 26.3. The van der Waals surface area contributed by atoms with Gasteiger partial charge in [-0.1, -0.05) is 11.8 Å². The number of nitrogens with zero attached hydrogens (tertiary/aromatic N) is 1. The zero-order chi connectivity index (χ0) is 14.9. The minimum Gasteiger partial charge on any atom is -0.347 e. The third kappa shape index (κ3) is 2.91. The maximum Gasteiger partial charge on any atom is 0.261 e. The zero-order valence-corrected chi connectivity index (χ0v) is 13.6. The second-order valence-electron chi connectivity index (χ2n) is 5.77. The lowest BCUT2D eigenvalue weighted by molar-refractivity contribution is 0.0935. The van der Waals surface area contributed by atoms with E-state index in [2.05, 4.69) is 15.6 Å². The molecule has 2 bridgehead atoms. The van der Waals surface area contributed by atoms with E-state index in [1.54, 1.807) is 35.5 Å². The quantitative estimate of drug-likeness (QED) is 0.904. The summed E-state index contributed by atoms with van der Waals surface area (Å²) in [6, 6.07) is 9.27. The Hall–Kier alpha value is -1.37. The van der Waals surface area contributed by atoms with Crippen molar-refractivity contribution in [3.8, 4) is 0 Å². The van der Waals surface area contributed by atoms with Gasteiger partial charge in [0.05, 0.1) is 9.09 Å². The van der Waals surface area contributed by atoms with Crippen LogP contribution in [0, 0.1) is 0 Å². The summed E-state index contributed by atoms with van der Waals surface area (Å²) in [7, 11) is 0. The number of carbonyl (C=O) groups excluding carboxylic acids is 1. The highest BCUT2D eigenvalue weighted by atomic mass is 32.2. The van der Waals surface area contributed by atoms with E-state index < -0.39 is 0 Å². The van der Waals surface area contributed by atoms with E-state index in [0.717, 1.165) is 20.4 Å². The summed E-state index contributed by atoms with van der Waals surface area (Å²) >= 11 is 3.22. The van der Waals surface area contributed by atoms with Gasteiger partial charge in [0.25, 0.3) is 5.91 Å². The number of fused-ring (bicyclic) bond motifs is 2. The van der Waals surface area contributed by atoms with Gasteiger partial charge < -0.3 is 10.6 Å². The van der Waals surface area contributed by atoms with Crippen LogP contribution in [0.5, 0.6) is 0 Å². The van der Waals surface area contributed by atoms with Crippen molar-refractivity contribution in [1.82, 2.24) is 15.6 Å². The molecule has 2 N–H and O–H groups in total. The number of pyridine rings is 1. The van der Waals surface area contributed by atoms with Crippen LogP contribution in [0.15, 0.2) is 45.8 Å². The van der Waals surface area contributed by atoms with Gasteiger partial charge in [-0.25, -0.2) is 0 Å². The van der Waals surface area contributed by atoms with Gasteiger partial charge in [-0.3, -0.25) is 9.78 Å². The number of hydrogen-bond acceptors (Lipinski definition) is 5. The second kappa shape index (κ2) is 6.02. The highest BCUT2D eigenvalue weighted by Crippen LogP contribution is 2.33. The van der Waals surface area contributed by atoms with Gasteiger partial charge in [-0.15, -0.1) is 11.3 Å². The first kappa shape index (κ1) is 14.2. The summed E-state index contributed by atoms with van der Waals surface area (Å²) < 4.78 is 1.13. The van der Waals surface area contributed by atoms with Crippen molar-refractivity contribution in [3.05, 3.63) is 41.5 Å². The Morgan fingerprint density at radius 1 is 1.27 bits per heavy atom. The molecule has 0 unspecified atom stereocenters. The van der Waals surface area contributed by atoms with Crippen molar-refractivity contribution >= 4 is 29.0 Å². The minimum absolute atomic E-state index is 0.0610. The maximum atomic E-state index is 12.4. The first-order chi connectivity index (χ1) is 10.8. The molecule has 2 saturated heterocycles. The lowest BCUT2D eigenvalue weighted by Gasteiger charge is -2.20. The molecular weight excluding hydrogens is 314 g/mol. The molecule has 0 aliphatic carbocycles. The van der Waals surface area contributed by atoms with Crippen LogP contribution in [-0.2, 0) is 0 Å². The first-order valence-corrected chi connectivity index (χ1v) is 9.16. The SMILES string of the molecule is O=C(N[C@@H]1C[C@H]2CC[C@@H]1N2)c1ccc(Sc2ccncc2)s1. The number of nitrogens with one attached hydrogen (secondary N) is 2. The van der Waals surface area contributed by atoms with Crippen molar-refractivity contribution in [2.75, 3.05) is 0 Å². The van der Waals surface area contributed by atoms with Gasteiger partial charge in [0.15, 0.2) is 0 Å². The van der Waals surface area contributed by atoms with Crippen LogP contribution >= 0.6 is 23.1 Å². The molecule has 1 amide bonds. The summed E-state index contributed by atoms with van der Waals surface area (Å²) in [4.78, 5) is 18.3. The molecule has 0 aromatic carbocycles. The highest BCUT2D eigenvalue weighted by molar-refractivity contribution is 8.01. The molecule has 4 rings (SSSR count). The van der Waals surface area contributed by atoms with Crippen LogP contribution < -0.4 is 10.6 Å². The van der Waals surface area contributed by atoms with Gasteiger partial charge >= 0.3 is 0 Å². The smallest absolute Gasteiger partial charge is 0.261 e. The van der Waals surface area contributed by atoms with E-state index in [0.29, 0.717) is 18.1 Å². The fourth-order valence-corrected chi connectivity index (χ4v) is 5.23. The van der Waals surface area contributed by atoms with Crippen molar-refractivity contribution in [3.63, 3.8) is 0 Å². The number of aromatic nitrogens is 1. The fourth-order valence-electron chi connectivity index (χ4n) is 3.24. The molecule has 2 aromatic rings. The molecule has 2 aromatic heterocycles. The first-order valence-electron chi connectivity index (χ1n) is 7.52. The molecule has 0 radical (unpaired) electrons. The number of hydrogen-bond donors (Lipinski definition) is 2. The molecule has 3 atom stereocenters. The molecule has 0 spiro atoms. The van der Waals surface area contributed by atoms with Gasteiger partial charge in [0.2, 0.25) is 0 Å². The number of carbonyl (C=O) groups is 1. The summed E-state index contributed by atoms with van der Waals surface area (Å²) in [5.74, 6) is 0.0610. The van der Waals surface area contributed by atoms with Crippen molar-refractivity contribution in [1.29, 1.82) is 0 Å². The van der Waals surface area contributed by atoms with Crippen LogP contribution in [-0.4, -0.2) is 29.0 Å². The van der Waals surface area contributed by atoms with Crippen LogP contribution in [0.4, 0.5) is 0 Å². The summed E-state index contributed by atoms with van der Waals surface area (Å²) in [5.41, 5.74) is 0. The Labute approximate surface area is 137 Å². The molecule has 114 valence electrons. The largest absolute Gasteiger partial charge is 0.347 e. The standard InChI is InChI=1S/C16H17N3OS2/c20-16(19-13-9-10-1-2-12(13)18-10)14-3-4-15(22-14)21-11-5-7-17-8-6-11/h3-8,10,12-13,18H,1-2,9H2,(H,19,20)/t10-,12+,13-/m1/s1. The van der Waals surface area contributed by atoms with E-state index >= 15 is 0 Å². The molecule has 2 fully saturated rings. The van der Waals surface area contributed by atoms with Gasteiger partial charge in [0, 0.05) is 35.4 Å². The average molecular weight is 331 g/mol. The molecule has 2 aliphatic rings. The monoisotopic (exact) mass is 331 g/mol. The average Bonchev–Trinajstić information content (AvgIpc) is 3.24. The van der Waals surface area contributed by atoms with E-state index in [4.69, 9.17) is 0 Å². The lowest BCUT2D eigenvalue weighted by Crippen LogP contribution is -2.42. The summed E-state index contributed by atoms with van der Waals surface area (Å²) in [6.07, 6.45) is 7.07. The maximum absolute atomic E-state index is 12.4.